The maximum atomic E-state index is 14.3. The van der Waals surface area contributed by atoms with E-state index in [1.54, 1.807) is 52.1 Å². The fraction of sp³-hybridized carbons (Fsp3) is 0.583. The third-order valence-corrected chi connectivity index (χ3v) is 11.8. The lowest BCUT2D eigenvalue weighted by Crippen LogP contribution is -2.58. The van der Waals surface area contributed by atoms with Crippen LogP contribution in [0.5, 0.6) is 5.75 Å². The van der Waals surface area contributed by atoms with Gasteiger partial charge in [-0.15, -0.1) is 0 Å². The number of carbonyl (C=O) groups is 5. The number of fused-ring (bicyclic) bond motifs is 3. The average molecular weight is 741 g/mol. The SMILES string of the molecule is COc1ccc2[nH]c(C(=O)N[C@@H]3C[C@H]4C(=O)N[C@]5(C(=O)NS(=O)(=O)C6CC6)C[C@@H]5/C=C\CCCCC[C@H](NC(=O)OC(C)(C)C)C(=O)N4C3)cc2c1. The van der Waals surface area contributed by atoms with E-state index in [9.17, 15) is 32.4 Å². The minimum Gasteiger partial charge on any atom is -0.497 e. The van der Waals surface area contributed by atoms with Gasteiger partial charge in [0.15, 0.2) is 0 Å². The van der Waals surface area contributed by atoms with Crippen molar-refractivity contribution >= 4 is 50.6 Å². The van der Waals surface area contributed by atoms with Crippen molar-refractivity contribution in [3.63, 3.8) is 0 Å². The number of methoxy groups -OCH3 is 1. The quantitative estimate of drug-likeness (QED) is 0.265. The molecule has 3 heterocycles. The Morgan fingerprint density at radius 2 is 1.79 bits per heavy atom. The summed E-state index contributed by atoms with van der Waals surface area (Å²) in [6.45, 7) is 5.08. The molecule has 4 aliphatic rings. The molecular weight excluding hydrogens is 692 g/mol. The zero-order valence-electron chi connectivity index (χ0n) is 30.0. The molecule has 5 N–H and O–H groups in total. The smallest absolute Gasteiger partial charge is 0.408 e. The first kappa shape index (κ1) is 37.2. The number of hydrogen-bond acceptors (Lipinski definition) is 9. The second kappa shape index (κ2) is 14.4. The van der Waals surface area contributed by atoms with Crippen molar-refractivity contribution in [2.75, 3.05) is 13.7 Å². The number of hydrogen-bond donors (Lipinski definition) is 5. The molecular formula is C36H48N6O9S. The maximum Gasteiger partial charge on any atom is 0.408 e. The number of amides is 5. The van der Waals surface area contributed by atoms with E-state index in [-0.39, 0.29) is 31.5 Å². The number of alkyl carbamates (subject to hydrolysis) is 1. The molecule has 0 spiro atoms. The summed E-state index contributed by atoms with van der Waals surface area (Å²) in [6.07, 6.45) is 7.20. The minimum atomic E-state index is -3.90. The zero-order chi connectivity index (χ0) is 37.4. The Morgan fingerprint density at radius 1 is 1.02 bits per heavy atom. The molecule has 2 saturated carbocycles. The normalized spacial score (nSPS) is 27.6. The summed E-state index contributed by atoms with van der Waals surface area (Å²) in [7, 11) is -2.35. The van der Waals surface area contributed by atoms with Gasteiger partial charge >= 0.3 is 6.09 Å². The third kappa shape index (κ3) is 8.37. The average Bonchev–Trinajstić information content (AvgIpc) is 3.96. The summed E-state index contributed by atoms with van der Waals surface area (Å²) in [5, 5.41) is 8.59. The van der Waals surface area contributed by atoms with Gasteiger partial charge in [0.2, 0.25) is 21.8 Å². The summed E-state index contributed by atoms with van der Waals surface area (Å²) in [6, 6.07) is 4.18. The number of benzene rings is 1. The molecule has 0 radical (unpaired) electrons. The minimum absolute atomic E-state index is 0.00903. The van der Waals surface area contributed by atoms with Gasteiger partial charge in [0.25, 0.3) is 11.8 Å². The van der Waals surface area contributed by atoms with Crippen LogP contribution in [0.1, 0.15) is 89.0 Å². The second-order valence-electron chi connectivity index (χ2n) is 15.3. The molecule has 6 rings (SSSR count). The van der Waals surface area contributed by atoms with Crippen molar-refractivity contribution < 1.29 is 41.9 Å². The summed E-state index contributed by atoms with van der Waals surface area (Å²) in [4.78, 5) is 73.0. The molecule has 1 saturated heterocycles. The van der Waals surface area contributed by atoms with Gasteiger partial charge in [-0.2, -0.15) is 0 Å². The molecule has 0 bridgehead atoms. The predicted octanol–water partition coefficient (Wildman–Crippen LogP) is 2.77. The summed E-state index contributed by atoms with van der Waals surface area (Å²) in [5.41, 5.74) is -1.35. The van der Waals surface area contributed by atoms with Gasteiger partial charge in [-0.05, 0) is 90.0 Å². The number of sulfonamides is 1. The maximum absolute atomic E-state index is 14.3. The molecule has 3 fully saturated rings. The monoisotopic (exact) mass is 740 g/mol. The van der Waals surface area contributed by atoms with Crippen LogP contribution in [0.25, 0.3) is 10.9 Å². The van der Waals surface area contributed by atoms with Gasteiger partial charge in [-0.1, -0.05) is 25.0 Å². The zero-order valence-corrected chi connectivity index (χ0v) is 30.8. The van der Waals surface area contributed by atoms with Crippen molar-refractivity contribution in [2.45, 2.75) is 113 Å². The van der Waals surface area contributed by atoms with Gasteiger partial charge in [-0.25, -0.2) is 13.2 Å². The topological polar surface area (TPSA) is 205 Å². The molecule has 282 valence electrons. The van der Waals surface area contributed by atoms with Crippen LogP contribution in [0, 0.1) is 5.92 Å². The summed E-state index contributed by atoms with van der Waals surface area (Å²) in [5.74, 6) is -2.28. The lowest BCUT2D eigenvalue weighted by Gasteiger charge is -2.30. The molecule has 0 unspecified atom stereocenters. The molecule has 2 aromatic rings. The number of aromatic nitrogens is 1. The van der Waals surface area contributed by atoms with Crippen molar-refractivity contribution in [1.82, 2.24) is 30.6 Å². The van der Waals surface area contributed by atoms with Crippen LogP contribution < -0.4 is 25.4 Å². The van der Waals surface area contributed by atoms with Crippen molar-refractivity contribution in [2.24, 2.45) is 5.92 Å². The first-order chi connectivity index (χ1) is 24.6. The highest BCUT2D eigenvalue weighted by Crippen LogP contribution is 2.46. The van der Waals surface area contributed by atoms with Crippen LogP contribution in [-0.2, 0) is 29.1 Å². The number of H-pyrrole nitrogens is 1. The summed E-state index contributed by atoms with van der Waals surface area (Å²) < 4.78 is 38.5. The van der Waals surface area contributed by atoms with E-state index in [2.05, 4.69) is 25.7 Å². The lowest BCUT2D eigenvalue weighted by atomic mass is 10.0. The number of aromatic amines is 1. The Hall–Kier alpha value is -4.60. The predicted molar refractivity (Wildman–Crippen MR) is 191 cm³/mol. The Kier molecular flexibility index (Phi) is 10.3. The fourth-order valence-corrected chi connectivity index (χ4v) is 8.34. The van der Waals surface area contributed by atoms with Gasteiger partial charge in [0.05, 0.1) is 12.4 Å². The van der Waals surface area contributed by atoms with Crippen LogP contribution in [0.3, 0.4) is 0 Å². The standard InChI is InChI=1S/C36H48N6O9S/c1-35(2,3)51-34(47)39-27-11-9-7-5-6-8-10-22-19-36(22,33(46)41-52(48,49)25-13-14-25)40-31(44)29-18-23(20-42(29)32(27)45)37-30(43)28-17-21-16-24(50-4)12-15-26(21)38-28/h8,10,12,15-17,22-23,25,27,29,38H,5-7,9,11,13-14,18-20H2,1-4H3,(H,37,43)(H,39,47)(H,40,44)(H,41,46)/b10-8-/t22-,23+,27-,29-,36+/m0/s1. The van der Waals surface area contributed by atoms with E-state index in [0.29, 0.717) is 31.4 Å². The Bertz CT molecular complexity index is 1880. The number of carbonyl (C=O) groups excluding carboxylic acids is 5. The van der Waals surface area contributed by atoms with E-state index >= 15 is 0 Å². The molecule has 52 heavy (non-hydrogen) atoms. The fourth-order valence-electron chi connectivity index (χ4n) is 6.98. The van der Waals surface area contributed by atoms with E-state index in [1.807, 2.05) is 12.2 Å². The highest BCUT2D eigenvalue weighted by atomic mass is 32.2. The second-order valence-corrected chi connectivity index (χ2v) is 17.2. The van der Waals surface area contributed by atoms with Gasteiger partial charge in [0.1, 0.15) is 34.7 Å². The lowest BCUT2D eigenvalue weighted by molar-refractivity contribution is -0.141. The molecule has 2 aliphatic heterocycles. The first-order valence-corrected chi connectivity index (χ1v) is 19.5. The van der Waals surface area contributed by atoms with E-state index in [4.69, 9.17) is 9.47 Å². The number of nitrogens with zero attached hydrogens (tertiary/aromatic N) is 1. The van der Waals surface area contributed by atoms with Crippen LogP contribution >= 0.6 is 0 Å². The number of nitrogens with one attached hydrogen (secondary N) is 5. The molecule has 5 amide bonds. The Balaban J connectivity index is 1.27. The van der Waals surface area contributed by atoms with E-state index in [0.717, 1.165) is 23.7 Å². The van der Waals surface area contributed by atoms with Gasteiger partial charge in [-0.3, -0.25) is 23.9 Å². The van der Waals surface area contributed by atoms with E-state index in [1.165, 1.54) is 4.90 Å². The van der Waals surface area contributed by atoms with Crippen LogP contribution in [0.4, 0.5) is 4.79 Å². The van der Waals surface area contributed by atoms with Crippen LogP contribution in [-0.4, -0.2) is 96.2 Å². The van der Waals surface area contributed by atoms with Gasteiger partial charge in [0, 0.05) is 29.4 Å². The highest BCUT2D eigenvalue weighted by Gasteiger charge is 2.62. The molecule has 1 aromatic heterocycles. The molecule has 16 heteroatoms. The molecule has 5 atom stereocenters. The Morgan fingerprint density at radius 3 is 2.50 bits per heavy atom. The Labute approximate surface area is 303 Å². The first-order valence-electron chi connectivity index (χ1n) is 17.9. The van der Waals surface area contributed by atoms with Crippen molar-refractivity contribution in [3.05, 3.63) is 42.1 Å². The van der Waals surface area contributed by atoms with Crippen molar-refractivity contribution in [1.29, 1.82) is 0 Å². The highest BCUT2D eigenvalue weighted by molar-refractivity contribution is 7.91. The van der Waals surface area contributed by atoms with Crippen molar-refractivity contribution in [3.8, 4) is 5.75 Å². The largest absolute Gasteiger partial charge is 0.497 e. The van der Waals surface area contributed by atoms with Crippen LogP contribution in [0.2, 0.25) is 0 Å². The summed E-state index contributed by atoms with van der Waals surface area (Å²) >= 11 is 0. The molecule has 15 nitrogen and oxygen atoms in total. The number of allylic oxidation sites excluding steroid dienone is 1. The number of rotatable bonds is 7. The third-order valence-electron chi connectivity index (χ3n) is 9.98. The van der Waals surface area contributed by atoms with Crippen LogP contribution in [0.15, 0.2) is 36.4 Å². The molecule has 1 aromatic carbocycles. The number of ether oxygens (including phenoxy) is 2. The van der Waals surface area contributed by atoms with E-state index < -0.39 is 80.2 Å². The van der Waals surface area contributed by atoms with Gasteiger partial charge < -0.3 is 35.3 Å². The molecule has 2 aliphatic carbocycles.